The Morgan fingerprint density at radius 3 is 3.06 bits per heavy atom. The van der Waals surface area contributed by atoms with Crippen LogP contribution in [-0.4, -0.2) is 23.2 Å². The predicted octanol–water partition coefficient (Wildman–Crippen LogP) is 1.79. The first-order chi connectivity index (χ1) is 8.72. The topological polar surface area (TPSA) is 74.1 Å². The number of hydrogen-bond acceptors (Lipinski definition) is 3. The quantitative estimate of drug-likeness (QED) is 0.651. The van der Waals surface area contributed by atoms with Gasteiger partial charge in [-0.05, 0) is 44.0 Å². The number of aromatic nitrogens is 1. The minimum atomic E-state index is 0.297. The molecule has 2 aromatic rings. The van der Waals surface area contributed by atoms with Gasteiger partial charge >= 0.3 is 0 Å². The van der Waals surface area contributed by atoms with Crippen LogP contribution in [0.2, 0.25) is 0 Å². The van der Waals surface area contributed by atoms with E-state index >= 15 is 0 Å². The maximum Gasteiger partial charge on any atom is 0.139 e. The summed E-state index contributed by atoms with van der Waals surface area (Å²) >= 11 is 0. The van der Waals surface area contributed by atoms with Crippen molar-refractivity contribution in [3.05, 3.63) is 29.5 Å². The standard InChI is InChI=1S/C14H19N3O/c1-8-12(13-9(7-15)5-6-16-13)10-3-2-4-11(18)14(10)17-8/h2-4,9,13,16-18H,5-7,15H2,1H3. The van der Waals surface area contributed by atoms with Gasteiger partial charge in [-0.25, -0.2) is 0 Å². The van der Waals surface area contributed by atoms with Crippen LogP contribution in [-0.2, 0) is 0 Å². The molecule has 1 aromatic carbocycles. The molecule has 0 amide bonds. The molecule has 0 radical (unpaired) electrons. The lowest BCUT2D eigenvalue weighted by Crippen LogP contribution is -2.23. The molecule has 1 fully saturated rings. The third-order valence-corrected chi connectivity index (χ3v) is 4.01. The van der Waals surface area contributed by atoms with Gasteiger partial charge in [0.05, 0.1) is 5.52 Å². The average molecular weight is 245 g/mol. The van der Waals surface area contributed by atoms with E-state index in [0.29, 0.717) is 24.3 Å². The Bertz CT molecular complexity index is 576. The van der Waals surface area contributed by atoms with Gasteiger partial charge in [0, 0.05) is 17.1 Å². The van der Waals surface area contributed by atoms with Crippen molar-refractivity contribution >= 4 is 10.9 Å². The summed E-state index contributed by atoms with van der Waals surface area (Å²) in [4.78, 5) is 3.29. The van der Waals surface area contributed by atoms with Crippen LogP contribution in [0.15, 0.2) is 18.2 Å². The molecule has 1 saturated heterocycles. The van der Waals surface area contributed by atoms with Crippen molar-refractivity contribution in [3.63, 3.8) is 0 Å². The Labute approximate surface area is 106 Å². The van der Waals surface area contributed by atoms with E-state index < -0.39 is 0 Å². The largest absolute Gasteiger partial charge is 0.506 e. The van der Waals surface area contributed by atoms with Gasteiger partial charge in [-0.3, -0.25) is 0 Å². The lowest BCUT2D eigenvalue weighted by atomic mass is 9.92. The van der Waals surface area contributed by atoms with Crippen LogP contribution in [0.25, 0.3) is 10.9 Å². The summed E-state index contributed by atoms with van der Waals surface area (Å²) in [5.74, 6) is 0.786. The molecule has 18 heavy (non-hydrogen) atoms. The van der Waals surface area contributed by atoms with Crippen molar-refractivity contribution in [1.29, 1.82) is 0 Å². The minimum Gasteiger partial charge on any atom is -0.506 e. The third kappa shape index (κ3) is 1.61. The van der Waals surface area contributed by atoms with Gasteiger partial charge in [0.25, 0.3) is 0 Å². The van der Waals surface area contributed by atoms with E-state index in [9.17, 15) is 5.11 Å². The first kappa shape index (κ1) is 11.6. The second kappa shape index (κ2) is 4.30. The fourth-order valence-electron chi connectivity index (χ4n) is 3.10. The summed E-state index contributed by atoms with van der Waals surface area (Å²) in [5, 5.41) is 14.5. The van der Waals surface area contributed by atoms with E-state index in [-0.39, 0.29) is 0 Å². The fraction of sp³-hybridized carbons (Fsp3) is 0.429. The van der Waals surface area contributed by atoms with E-state index in [1.165, 1.54) is 5.56 Å². The monoisotopic (exact) mass is 245 g/mol. The van der Waals surface area contributed by atoms with Gasteiger partial charge in [-0.2, -0.15) is 0 Å². The molecule has 0 saturated carbocycles. The van der Waals surface area contributed by atoms with Gasteiger partial charge in [-0.15, -0.1) is 0 Å². The number of H-pyrrole nitrogens is 1. The number of nitrogens with two attached hydrogens (primary N) is 1. The van der Waals surface area contributed by atoms with Crippen molar-refractivity contribution < 1.29 is 5.11 Å². The van der Waals surface area contributed by atoms with Gasteiger partial charge in [0.2, 0.25) is 0 Å². The number of aromatic hydroxyl groups is 1. The third-order valence-electron chi connectivity index (χ3n) is 4.01. The molecule has 0 aliphatic carbocycles. The van der Waals surface area contributed by atoms with E-state index in [0.717, 1.165) is 29.6 Å². The Morgan fingerprint density at radius 2 is 2.28 bits per heavy atom. The highest BCUT2D eigenvalue weighted by molar-refractivity contribution is 5.89. The van der Waals surface area contributed by atoms with E-state index in [4.69, 9.17) is 5.73 Å². The Hall–Kier alpha value is -1.52. The minimum absolute atomic E-state index is 0.297. The normalized spacial score (nSPS) is 23.9. The lowest BCUT2D eigenvalue weighted by Gasteiger charge is -2.18. The van der Waals surface area contributed by atoms with Gasteiger partial charge < -0.3 is 21.1 Å². The molecule has 2 atom stereocenters. The molecule has 4 nitrogen and oxygen atoms in total. The molecule has 1 aliphatic heterocycles. The number of aryl methyl sites for hydroxylation is 1. The maximum atomic E-state index is 9.90. The van der Waals surface area contributed by atoms with Crippen molar-refractivity contribution in [2.75, 3.05) is 13.1 Å². The molecule has 3 rings (SSSR count). The lowest BCUT2D eigenvalue weighted by molar-refractivity contribution is 0.473. The van der Waals surface area contributed by atoms with Crippen LogP contribution in [0.5, 0.6) is 5.75 Å². The van der Waals surface area contributed by atoms with Crippen LogP contribution in [0.4, 0.5) is 0 Å². The number of aromatic amines is 1. The number of rotatable bonds is 2. The molecule has 4 heteroatoms. The number of nitrogens with one attached hydrogen (secondary N) is 2. The van der Waals surface area contributed by atoms with E-state index in [2.05, 4.69) is 23.3 Å². The van der Waals surface area contributed by atoms with E-state index in [1.54, 1.807) is 6.07 Å². The van der Waals surface area contributed by atoms with E-state index in [1.807, 2.05) is 6.07 Å². The van der Waals surface area contributed by atoms with Crippen LogP contribution in [0.3, 0.4) is 0 Å². The van der Waals surface area contributed by atoms with Gasteiger partial charge in [0.15, 0.2) is 0 Å². The number of para-hydroxylation sites is 1. The zero-order valence-corrected chi connectivity index (χ0v) is 10.5. The molecule has 1 aliphatic rings. The molecular formula is C14H19N3O. The second-order valence-electron chi connectivity index (χ2n) is 5.08. The molecular weight excluding hydrogens is 226 g/mol. The summed E-state index contributed by atoms with van der Waals surface area (Å²) in [5.41, 5.74) is 9.06. The maximum absolute atomic E-state index is 9.90. The summed E-state index contributed by atoms with van der Waals surface area (Å²) in [6.45, 7) is 3.77. The number of phenolic OH excluding ortho intramolecular Hbond substituents is 1. The predicted molar refractivity (Wildman–Crippen MR) is 72.6 cm³/mol. The Kier molecular flexibility index (Phi) is 2.76. The molecule has 0 bridgehead atoms. The highest BCUT2D eigenvalue weighted by atomic mass is 16.3. The van der Waals surface area contributed by atoms with Crippen molar-refractivity contribution in [2.24, 2.45) is 11.7 Å². The molecule has 5 N–H and O–H groups in total. The van der Waals surface area contributed by atoms with Crippen molar-refractivity contribution in [2.45, 2.75) is 19.4 Å². The molecule has 2 unspecified atom stereocenters. The first-order valence-corrected chi connectivity index (χ1v) is 6.46. The molecule has 96 valence electrons. The molecule has 2 heterocycles. The van der Waals surface area contributed by atoms with Crippen LogP contribution >= 0.6 is 0 Å². The average Bonchev–Trinajstić information content (AvgIpc) is 2.93. The Morgan fingerprint density at radius 1 is 1.44 bits per heavy atom. The number of benzene rings is 1. The summed E-state index contributed by atoms with van der Waals surface area (Å²) in [6.07, 6.45) is 1.12. The Balaban J connectivity index is 2.16. The first-order valence-electron chi connectivity index (χ1n) is 6.46. The van der Waals surface area contributed by atoms with Gasteiger partial charge in [0.1, 0.15) is 5.75 Å². The number of hydrogen-bond donors (Lipinski definition) is 4. The number of fused-ring (bicyclic) bond motifs is 1. The molecule has 0 spiro atoms. The van der Waals surface area contributed by atoms with Crippen molar-refractivity contribution in [3.8, 4) is 5.75 Å². The van der Waals surface area contributed by atoms with Crippen LogP contribution < -0.4 is 11.1 Å². The van der Waals surface area contributed by atoms with Crippen molar-refractivity contribution in [1.82, 2.24) is 10.3 Å². The van der Waals surface area contributed by atoms with Crippen LogP contribution in [0, 0.1) is 12.8 Å². The van der Waals surface area contributed by atoms with Crippen LogP contribution in [0.1, 0.15) is 23.7 Å². The summed E-state index contributed by atoms with van der Waals surface area (Å²) in [7, 11) is 0. The zero-order chi connectivity index (χ0) is 12.7. The fourth-order valence-corrected chi connectivity index (χ4v) is 3.10. The smallest absolute Gasteiger partial charge is 0.139 e. The summed E-state index contributed by atoms with van der Waals surface area (Å²) in [6, 6.07) is 5.96. The highest BCUT2D eigenvalue weighted by Gasteiger charge is 2.30. The highest BCUT2D eigenvalue weighted by Crippen LogP contribution is 2.37. The second-order valence-corrected chi connectivity index (χ2v) is 5.08. The zero-order valence-electron chi connectivity index (χ0n) is 10.5. The molecule has 1 aromatic heterocycles. The number of phenols is 1. The SMILES string of the molecule is Cc1[nH]c2c(O)cccc2c1C1NCCC1CN. The van der Waals surface area contributed by atoms with Gasteiger partial charge in [-0.1, -0.05) is 12.1 Å². The summed E-state index contributed by atoms with van der Waals surface area (Å²) < 4.78 is 0.